The third kappa shape index (κ3) is 5.88. The second-order valence-electron chi connectivity index (χ2n) is 4.99. The molecule has 1 unspecified atom stereocenters. The largest absolute Gasteiger partial charge is 0.396 e. The van der Waals surface area contributed by atoms with Gasteiger partial charge in [-0.05, 0) is 24.1 Å². The van der Waals surface area contributed by atoms with Crippen LogP contribution in [-0.2, 0) is 0 Å². The van der Waals surface area contributed by atoms with E-state index in [-0.39, 0.29) is 12.5 Å². The van der Waals surface area contributed by atoms with Crippen molar-refractivity contribution in [3.05, 3.63) is 34.9 Å². The van der Waals surface area contributed by atoms with Gasteiger partial charge in [0.2, 0.25) is 0 Å². The standard InChI is InChI=1S/C16H25ClO/c1-2-3-4-5-6-7-9-15(13-18)14-10-8-11-16(17)12-14/h8,10-12,15,18H,2-7,9,13H2,1H3. The number of aliphatic hydroxyl groups excluding tert-OH is 1. The highest BCUT2D eigenvalue weighted by Gasteiger charge is 2.10. The van der Waals surface area contributed by atoms with E-state index in [0.29, 0.717) is 0 Å². The molecule has 1 aromatic rings. The van der Waals surface area contributed by atoms with Crippen molar-refractivity contribution in [1.82, 2.24) is 0 Å². The lowest BCUT2D eigenvalue weighted by atomic mass is 9.93. The summed E-state index contributed by atoms with van der Waals surface area (Å²) in [6.07, 6.45) is 8.83. The summed E-state index contributed by atoms with van der Waals surface area (Å²) in [4.78, 5) is 0. The van der Waals surface area contributed by atoms with Gasteiger partial charge in [-0.15, -0.1) is 0 Å². The highest BCUT2D eigenvalue weighted by molar-refractivity contribution is 6.30. The Bertz CT molecular complexity index is 325. The Morgan fingerprint density at radius 3 is 2.50 bits per heavy atom. The van der Waals surface area contributed by atoms with Crippen LogP contribution in [0.15, 0.2) is 24.3 Å². The Hall–Kier alpha value is -0.530. The summed E-state index contributed by atoms with van der Waals surface area (Å²) in [5.74, 6) is 0.245. The minimum absolute atomic E-state index is 0.218. The van der Waals surface area contributed by atoms with Crippen molar-refractivity contribution < 1.29 is 5.11 Å². The minimum Gasteiger partial charge on any atom is -0.396 e. The molecule has 0 aliphatic carbocycles. The molecule has 0 amide bonds. The van der Waals surface area contributed by atoms with Crippen LogP contribution in [0.3, 0.4) is 0 Å². The molecule has 0 saturated heterocycles. The van der Waals surface area contributed by atoms with Gasteiger partial charge in [-0.1, -0.05) is 69.2 Å². The summed E-state index contributed by atoms with van der Waals surface area (Å²) in [6, 6.07) is 7.87. The molecule has 1 aromatic carbocycles. The van der Waals surface area contributed by atoms with E-state index in [2.05, 4.69) is 13.0 Å². The van der Waals surface area contributed by atoms with Crippen LogP contribution < -0.4 is 0 Å². The van der Waals surface area contributed by atoms with Gasteiger partial charge in [0.05, 0.1) is 0 Å². The van der Waals surface area contributed by atoms with Gasteiger partial charge in [-0.25, -0.2) is 0 Å². The summed E-state index contributed by atoms with van der Waals surface area (Å²) in [7, 11) is 0. The van der Waals surface area contributed by atoms with Crippen LogP contribution in [0.5, 0.6) is 0 Å². The molecule has 0 spiro atoms. The number of benzene rings is 1. The van der Waals surface area contributed by atoms with Gasteiger partial charge in [0.25, 0.3) is 0 Å². The SMILES string of the molecule is CCCCCCCCC(CO)c1cccc(Cl)c1. The van der Waals surface area contributed by atoms with Crippen LogP contribution in [-0.4, -0.2) is 11.7 Å². The summed E-state index contributed by atoms with van der Waals surface area (Å²) in [6.45, 7) is 2.45. The molecule has 1 nitrogen and oxygen atoms in total. The summed E-state index contributed by atoms with van der Waals surface area (Å²) < 4.78 is 0. The van der Waals surface area contributed by atoms with E-state index in [9.17, 15) is 5.11 Å². The van der Waals surface area contributed by atoms with Crippen molar-refractivity contribution in [1.29, 1.82) is 0 Å². The van der Waals surface area contributed by atoms with Crippen molar-refractivity contribution in [2.75, 3.05) is 6.61 Å². The molecule has 0 fully saturated rings. The summed E-state index contributed by atoms with van der Waals surface area (Å²) >= 11 is 5.98. The number of aliphatic hydroxyl groups is 1. The van der Waals surface area contributed by atoms with Crippen LogP contribution in [0, 0.1) is 0 Å². The number of unbranched alkanes of at least 4 members (excludes halogenated alkanes) is 5. The Labute approximate surface area is 116 Å². The fraction of sp³-hybridized carbons (Fsp3) is 0.625. The predicted octanol–water partition coefficient (Wildman–Crippen LogP) is 5.17. The van der Waals surface area contributed by atoms with Gasteiger partial charge in [0, 0.05) is 17.5 Å². The molecule has 1 atom stereocenters. The van der Waals surface area contributed by atoms with E-state index < -0.39 is 0 Å². The molecule has 0 aliphatic rings. The maximum atomic E-state index is 9.47. The number of hydrogen-bond donors (Lipinski definition) is 1. The summed E-state index contributed by atoms with van der Waals surface area (Å²) in [5.41, 5.74) is 1.17. The Morgan fingerprint density at radius 1 is 1.11 bits per heavy atom. The first-order chi connectivity index (χ1) is 8.77. The van der Waals surface area contributed by atoms with Crippen LogP contribution in [0.2, 0.25) is 5.02 Å². The molecule has 102 valence electrons. The Balaban J connectivity index is 2.29. The molecule has 2 heteroatoms. The molecule has 0 aromatic heterocycles. The van der Waals surface area contributed by atoms with Gasteiger partial charge in [-0.3, -0.25) is 0 Å². The van der Waals surface area contributed by atoms with Gasteiger partial charge in [0.1, 0.15) is 0 Å². The predicted molar refractivity (Wildman–Crippen MR) is 79.3 cm³/mol. The molecule has 0 heterocycles. The molecule has 1 N–H and O–H groups in total. The minimum atomic E-state index is 0.218. The Kier molecular flexibility index (Phi) is 8.11. The monoisotopic (exact) mass is 268 g/mol. The number of rotatable bonds is 9. The maximum absolute atomic E-state index is 9.47. The van der Waals surface area contributed by atoms with Crippen LogP contribution in [0.4, 0.5) is 0 Å². The number of halogens is 1. The Morgan fingerprint density at radius 2 is 1.83 bits per heavy atom. The molecule has 18 heavy (non-hydrogen) atoms. The average Bonchev–Trinajstić information content (AvgIpc) is 2.38. The highest BCUT2D eigenvalue weighted by Crippen LogP contribution is 2.24. The first-order valence-corrected chi connectivity index (χ1v) is 7.52. The molecule has 1 rings (SSSR count). The first kappa shape index (κ1) is 15.5. The third-order valence-corrected chi connectivity index (χ3v) is 3.68. The van der Waals surface area contributed by atoms with Gasteiger partial charge in [0.15, 0.2) is 0 Å². The first-order valence-electron chi connectivity index (χ1n) is 7.14. The molecular weight excluding hydrogens is 244 g/mol. The fourth-order valence-corrected chi connectivity index (χ4v) is 2.49. The summed E-state index contributed by atoms with van der Waals surface area (Å²) in [5, 5.41) is 10.2. The van der Waals surface area contributed by atoms with Crippen molar-refractivity contribution in [2.24, 2.45) is 0 Å². The lowest BCUT2D eigenvalue weighted by molar-refractivity contribution is 0.256. The molecule has 0 saturated carbocycles. The van der Waals surface area contributed by atoms with Crippen molar-refractivity contribution in [3.8, 4) is 0 Å². The van der Waals surface area contributed by atoms with E-state index in [1.54, 1.807) is 0 Å². The lowest BCUT2D eigenvalue weighted by Crippen LogP contribution is -2.04. The van der Waals surface area contributed by atoms with Crippen LogP contribution >= 0.6 is 11.6 Å². The highest BCUT2D eigenvalue weighted by atomic mass is 35.5. The van der Waals surface area contributed by atoms with E-state index >= 15 is 0 Å². The van der Waals surface area contributed by atoms with Gasteiger partial charge >= 0.3 is 0 Å². The van der Waals surface area contributed by atoms with Gasteiger partial charge < -0.3 is 5.11 Å². The normalized spacial score (nSPS) is 12.6. The third-order valence-electron chi connectivity index (χ3n) is 3.45. The zero-order chi connectivity index (χ0) is 13.2. The quantitative estimate of drug-likeness (QED) is 0.613. The average molecular weight is 269 g/mol. The van der Waals surface area contributed by atoms with E-state index in [1.807, 2.05) is 18.2 Å². The van der Waals surface area contributed by atoms with Crippen LogP contribution in [0.25, 0.3) is 0 Å². The lowest BCUT2D eigenvalue weighted by Gasteiger charge is -2.14. The maximum Gasteiger partial charge on any atom is 0.0499 e. The van der Waals surface area contributed by atoms with Crippen molar-refractivity contribution >= 4 is 11.6 Å². The van der Waals surface area contributed by atoms with E-state index in [4.69, 9.17) is 11.6 Å². The van der Waals surface area contributed by atoms with Gasteiger partial charge in [-0.2, -0.15) is 0 Å². The van der Waals surface area contributed by atoms with Crippen molar-refractivity contribution in [2.45, 2.75) is 57.8 Å². The molecular formula is C16H25ClO. The molecule has 0 radical (unpaired) electrons. The smallest absolute Gasteiger partial charge is 0.0499 e. The molecule has 0 aliphatic heterocycles. The van der Waals surface area contributed by atoms with Crippen LogP contribution in [0.1, 0.15) is 63.4 Å². The van der Waals surface area contributed by atoms with Crippen molar-refractivity contribution in [3.63, 3.8) is 0 Å². The topological polar surface area (TPSA) is 20.2 Å². The zero-order valence-corrected chi connectivity index (χ0v) is 12.1. The van der Waals surface area contributed by atoms with E-state index in [0.717, 1.165) is 11.4 Å². The fourth-order valence-electron chi connectivity index (χ4n) is 2.29. The second kappa shape index (κ2) is 9.41. The second-order valence-corrected chi connectivity index (χ2v) is 5.43. The molecule has 0 bridgehead atoms. The zero-order valence-electron chi connectivity index (χ0n) is 11.4. The number of hydrogen-bond acceptors (Lipinski definition) is 1. The van der Waals surface area contributed by atoms with E-state index in [1.165, 1.54) is 44.1 Å².